The third-order valence-corrected chi connectivity index (χ3v) is 6.16. The zero-order valence-electron chi connectivity index (χ0n) is 15.7. The number of nitrogens with zero attached hydrogens (tertiary/aromatic N) is 2. The molecule has 0 saturated heterocycles. The molecule has 4 rings (SSSR count). The highest BCUT2D eigenvalue weighted by Gasteiger charge is 2.16. The molecule has 134 valence electrons. The van der Waals surface area contributed by atoms with Gasteiger partial charge in [0.1, 0.15) is 0 Å². The van der Waals surface area contributed by atoms with Crippen molar-refractivity contribution in [3.8, 4) is 0 Å². The van der Waals surface area contributed by atoms with Gasteiger partial charge >= 0.3 is 0 Å². The first-order valence-corrected chi connectivity index (χ1v) is 9.52. The third kappa shape index (κ3) is 2.55. The number of rotatable bonds is 2. The van der Waals surface area contributed by atoms with E-state index in [9.17, 15) is 0 Å². The van der Waals surface area contributed by atoms with E-state index < -0.39 is 0 Å². The van der Waals surface area contributed by atoms with Gasteiger partial charge in [0.15, 0.2) is 0 Å². The number of hydrogen-bond donors (Lipinski definition) is 0. The van der Waals surface area contributed by atoms with E-state index in [4.69, 9.17) is 23.2 Å². The molecule has 0 radical (unpaired) electrons. The van der Waals surface area contributed by atoms with E-state index in [0.717, 1.165) is 27.5 Å². The van der Waals surface area contributed by atoms with Crippen molar-refractivity contribution in [3.63, 3.8) is 0 Å². The summed E-state index contributed by atoms with van der Waals surface area (Å²) in [5, 5.41) is 4.04. The Balaban J connectivity index is 1.88. The molecular formula is C22H22Cl2N2. The Labute approximate surface area is 163 Å². The van der Waals surface area contributed by atoms with Gasteiger partial charge < -0.3 is 9.13 Å². The summed E-state index contributed by atoms with van der Waals surface area (Å²) in [6.07, 6.45) is 0.829. The molecule has 0 saturated carbocycles. The predicted molar refractivity (Wildman–Crippen MR) is 113 cm³/mol. The molecule has 4 heteroatoms. The van der Waals surface area contributed by atoms with E-state index in [2.05, 4.69) is 68.3 Å². The molecule has 2 aromatic carbocycles. The molecule has 0 N–H and O–H groups in total. The largest absolute Gasteiger partial charge is 0.347 e. The number of halogens is 2. The van der Waals surface area contributed by atoms with Crippen molar-refractivity contribution in [2.24, 2.45) is 14.1 Å². The summed E-state index contributed by atoms with van der Waals surface area (Å²) in [4.78, 5) is 0. The molecule has 0 unspecified atom stereocenters. The SMILES string of the molecule is Cc1cc(Cl)c2c(c1)cc(Cc1cc(Cl)c3c(cc(C)n3C)c1C)n2C. The van der Waals surface area contributed by atoms with Gasteiger partial charge in [0.05, 0.1) is 21.1 Å². The molecule has 0 amide bonds. The number of hydrogen-bond acceptors (Lipinski definition) is 0. The van der Waals surface area contributed by atoms with Gasteiger partial charge in [0, 0.05) is 42.7 Å². The number of aryl methyl sites for hydroxylation is 5. The standard InChI is InChI=1S/C22H22Cl2N2/c1-12-6-16-10-17(26(5)21(16)19(23)7-12)9-15-11-20(24)22-18(14(15)3)8-13(2)25(22)4/h6-8,10-11H,9H2,1-5H3. The van der Waals surface area contributed by atoms with Crippen LogP contribution in [0.25, 0.3) is 21.8 Å². The van der Waals surface area contributed by atoms with E-state index in [0.29, 0.717) is 0 Å². The van der Waals surface area contributed by atoms with Crippen LogP contribution in [0.5, 0.6) is 0 Å². The molecule has 0 atom stereocenters. The average Bonchev–Trinajstić information content (AvgIpc) is 3.03. The molecule has 0 fully saturated rings. The van der Waals surface area contributed by atoms with Gasteiger partial charge in [-0.15, -0.1) is 0 Å². The van der Waals surface area contributed by atoms with Crippen molar-refractivity contribution in [2.75, 3.05) is 0 Å². The Morgan fingerprint density at radius 2 is 1.50 bits per heavy atom. The van der Waals surface area contributed by atoms with E-state index in [1.54, 1.807) is 0 Å². The third-order valence-electron chi connectivity index (χ3n) is 5.58. The lowest BCUT2D eigenvalue weighted by Crippen LogP contribution is -2.00. The summed E-state index contributed by atoms with van der Waals surface area (Å²) in [6, 6.07) is 10.8. The van der Waals surface area contributed by atoms with Crippen molar-refractivity contribution < 1.29 is 0 Å². The monoisotopic (exact) mass is 384 g/mol. The Morgan fingerprint density at radius 3 is 2.23 bits per heavy atom. The number of benzene rings is 2. The molecule has 0 spiro atoms. The maximum atomic E-state index is 6.63. The van der Waals surface area contributed by atoms with E-state index in [1.165, 1.54) is 38.9 Å². The molecule has 0 aliphatic heterocycles. The predicted octanol–water partition coefficient (Wildman–Crippen LogP) is 6.49. The minimum absolute atomic E-state index is 0.803. The lowest BCUT2D eigenvalue weighted by molar-refractivity contribution is 0.878. The molecule has 4 aromatic rings. The fourth-order valence-electron chi connectivity index (χ4n) is 4.00. The van der Waals surface area contributed by atoms with Crippen LogP contribution in [0.15, 0.2) is 30.3 Å². The first-order valence-electron chi connectivity index (χ1n) is 8.76. The lowest BCUT2D eigenvalue weighted by Gasteiger charge is -2.11. The van der Waals surface area contributed by atoms with Crippen LogP contribution in [-0.4, -0.2) is 9.13 Å². The van der Waals surface area contributed by atoms with Crippen LogP contribution in [-0.2, 0) is 20.5 Å². The van der Waals surface area contributed by atoms with E-state index >= 15 is 0 Å². The first-order chi connectivity index (χ1) is 12.3. The topological polar surface area (TPSA) is 9.86 Å². The highest BCUT2D eigenvalue weighted by atomic mass is 35.5. The van der Waals surface area contributed by atoms with Gasteiger partial charge in [-0.1, -0.05) is 23.2 Å². The highest BCUT2D eigenvalue weighted by Crippen LogP contribution is 2.34. The summed E-state index contributed by atoms with van der Waals surface area (Å²) in [5.74, 6) is 0. The van der Waals surface area contributed by atoms with Gasteiger partial charge in [-0.3, -0.25) is 0 Å². The minimum atomic E-state index is 0.803. The van der Waals surface area contributed by atoms with Gasteiger partial charge in [-0.05, 0) is 67.8 Å². The molecule has 2 nitrogen and oxygen atoms in total. The zero-order valence-corrected chi connectivity index (χ0v) is 17.3. The quantitative estimate of drug-likeness (QED) is 0.373. The maximum absolute atomic E-state index is 6.63. The second-order valence-electron chi connectivity index (χ2n) is 7.31. The van der Waals surface area contributed by atoms with Crippen molar-refractivity contribution >= 4 is 45.0 Å². The number of fused-ring (bicyclic) bond motifs is 2. The molecule has 0 bridgehead atoms. The Bertz CT molecular complexity index is 1180. The van der Waals surface area contributed by atoms with Gasteiger partial charge in [-0.2, -0.15) is 0 Å². The second-order valence-corrected chi connectivity index (χ2v) is 8.12. The van der Waals surface area contributed by atoms with Crippen LogP contribution < -0.4 is 0 Å². The minimum Gasteiger partial charge on any atom is -0.347 e. The molecule has 2 aromatic heterocycles. The normalized spacial score (nSPS) is 11.8. The average molecular weight is 385 g/mol. The Kier molecular flexibility index (Phi) is 4.09. The van der Waals surface area contributed by atoms with Crippen LogP contribution in [0, 0.1) is 20.8 Å². The maximum Gasteiger partial charge on any atom is 0.0672 e. The fourth-order valence-corrected chi connectivity index (χ4v) is 4.77. The molecule has 0 aliphatic carbocycles. The van der Waals surface area contributed by atoms with Crippen molar-refractivity contribution in [1.29, 1.82) is 0 Å². The van der Waals surface area contributed by atoms with Gasteiger partial charge in [0.2, 0.25) is 0 Å². The van der Waals surface area contributed by atoms with Crippen molar-refractivity contribution in [1.82, 2.24) is 9.13 Å². The number of aromatic nitrogens is 2. The molecule has 0 aliphatic rings. The van der Waals surface area contributed by atoms with Crippen LogP contribution >= 0.6 is 23.2 Å². The summed E-state index contributed by atoms with van der Waals surface area (Å²) in [6.45, 7) is 6.38. The fraction of sp³-hybridized carbons (Fsp3) is 0.273. The van der Waals surface area contributed by atoms with Gasteiger partial charge in [0.25, 0.3) is 0 Å². The Morgan fingerprint density at radius 1 is 0.808 bits per heavy atom. The molecule has 26 heavy (non-hydrogen) atoms. The molecule has 2 heterocycles. The molecular weight excluding hydrogens is 363 g/mol. The summed E-state index contributed by atoms with van der Waals surface area (Å²) >= 11 is 13.1. The summed E-state index contributed by atoms with van der Waals surface area (Å²) in [5.41, 5.74) is 8.38. The van der Waals surface area contributed by atoms with Crippen molar-refractivity contribution in [3.05, 3.63) is 68.5 Å². The van der Waals surface area contributed by atoms with Crippen LogP contribution in [0.2, 0.25) is 10.0 Å². The first kappa shape index (κ1) is 17.5. The van der Waals surface area contributed by atoms with E-state index in [1.807, 2.05) is 6.07 Å². The summed E-state index contributed by atoms with van der Waals surface area (Å²) in [7, 11) is 4.15. The summed E-state index contributed by atoms with van der Waals surface area (Å²) < 4.78 is 4.36. The second kappa shape index (κ2) is 6.07. The van der Waals surface area contributed by atoms with E-state index in [-0.39, 0.29) is 0 Å². The smallest absolute Gasteiger partial charge is 0.0672 e. The highest BCUT2D eigenvalue weighted by molar-refractivity contribution is 6.35. The zero-order chi connectivity index (χ0) is 18.7. The van der Waals surface area contributed by atoms with Gasteiger partial charge in [-0.25, -0.2) is 0 Å². The van der Waals surface area contributed by atoms with Crippen molar-refractivity contribution in [2.45, 2.75) is 27.2 Å². The van der Waals surface area contributed by atoms with Crippen LogP contribution in [0.1, 0.15) is 28.1 Å². The van der Waals surface area contributed by atoms with Crippen LogP contribution in [0.4, 0.5) is 0 Å². The lowest BCUT2D eigenvalue weighted by atomic mass is 10.00. The van der Waals surface area contributed by atoms with Crippen LogP contribution in [0.3, 0.4) is 0 Å². The Hall–Kier alpha value is -1.90.